The van der Waals surface area contributed by atoms with Crippen LogP contribution in [0.4, 0.5) is 4.39 Å². The van der Waals surface area contributed by atoms with Crippen LogP contribution in [0.1, 0.15) is 26.2 Å². The predicted octanol–water partition coefficient (Wildman–Crippen LogP) is 1.05. The van der Waals surface area contributed by atoms with E-state index >= 15 is 0 Å². The first-order valence-electron chi connectivity index (χ1n) is 5.52. The van der Waals surface area contributed by atoms with Gasteiger partial charge in [0.1, 0.15) is 5.54 Å². The minimum Gasteiger partial charge on any atom is -0.480 e. The first-order chi connectivity index (χ1) is 7.96. The first kappa shape index (κ1) is 15.7. The van der Waals surface area contributed by atoms with Gasteiger partial charge in [-0.2, -0.15) is 0 Å². The molecule has 0 aliphatic rings. The molecule has 0 aliphatic heterocycles. The summed E-state index contributed by atoms with van der Waals surface area (Å²) in [6, 6.07) is 0. The lowest BCUT2D eigenvalue weighted by molar-refractivity contribution is -0.143. The quantitative estimate of drug-likeness (QED) is 0.360. The molecule has 0 rings (SSSR count). The average molecular weight is 245 g/mol. The van der Waals surface area contributed by atoms with Gasteiger partial charge in [0.25, 0.3) is 0 Å². The van der Waals surface area contributed by atoms with E-state index in [9.17, 15) is 9.18 Å². The van der Waals surface area contributed by atoms with Crippen molar-refractivity contribution in [2.45, 2.75) is 31.7 Å². The number of hydrogen-bond acceptors (Lipinski definition) is 4. The number of carboxylic acid groups (broad SMARTS) is 1. The number of halogens is 1. The number of rotatable bonds is 9. The predicted molar refractivity (Wildman–Crippen MR) is 64.9 cm³/mol. The number of aliphatic carboxylic acids is 1. The zero-order valence-electron chi connectivity index (χ0n) is 10.0. The maximum absolute atomic E-state index is 13.3. The lowest BCUT2D eigenvalue weighted by Gasteiger charge is -2.20. The Balaban J connectivity index is 4.12. The van der Waals surface area contributed by atoms with Crippen LogP contribution in [0, 0.1) is 5.41 Å². The SMILES string of the molecule is CC[C@](N)(C/C=C(\F)CCNCC=N)C(=O)O. The summed E-state index contributed by atoms with van der Waals surface area (Å²) in [5.41, 5.74) is 4.22. The third kappa shape index (κ3) is 6.13. The van der Waals surface area contributed by atoms with Crippen molar-refractivity contribution < 1.29 is 14.3 Å². The monoisotopic (exact) mass is 245 g/mol. The molecule has 5 nitrogen and oxygen atoms in total. The maximum Gasteiger partial charge on any atom is 0.323 e. The number of carbonyl (C=O) groups is 1. The third-order valence-corrected chi connectivity index (χ3v) is 2.53. The lowest BCUT2D eigenvalue weighted by atomic mass is 9.93. The molecule has 0 unspecified atom stereocenters. The molecule has 1 atom stereocenters. The zero-order chi connectivity index (χ0) is 13.3. The average Bonchev–Trinajstić information content (AvgIpc) is 2.31. The molecule has 98 valence electrons. The summed E-state index contributed by atoms with van der Waals surface area (Å²) < 4.78 is 13.3. The van der Waals surface area contributed by atoms with Gasteiger partial charge in [0.05, 0.1) is 5.83 Å². The van der Waals surface area contributed by atoms with Crippen molar-refractivity contribution in [1.29, 1.82) is 5.41 Å². The fourth-order valence-corrected chi connectivity index (χ4v) is 1.16. The Labute approximate surface area is 100 Å². The van der Waals surface area contributed by atoms with Crippen molar-refractivity contribution in [1.82, 2.24) is 5.32 Å². The molecule has 5 N–H and O–H groups in total. The van der Waals surface area contributed by atoms with Crippen LogP contribution in [0.3, 0.4) is 0 Å². The molecule has 6 heteroatoms. The van der Waals surface area contributed by atoms with E-state index in [2.05, 4.69) is 5.32 Å². The summed E-state index contributed by atoms with van der Waals surface area (Å²) in [6.07, 6.45) is 2.82. The number of nitrogens with two attached hydrogens (primary N) is 1. The second kappa shape index (κ2) is 7.92. The summed E-state index contributed by atoms with van der Waals surface area (Å²) >= 11 is 0. The number of nitrogens with one attached hydrogen (secondary N) is 2. The van der Waals surface area contributed by atoms with E-state index in [1.807, 2.05) is 0 Å². The van der Waals surface area contributed by atoms with Crippen LogP contribution in [0.15, 0.2) is 11.9 Å². The van der Waals surface area contributed by atoms with Gasteiger partial charge in [-0.25, -0.2) is 4.39 Å². The smallest absolute Gasteiger partial charge is 0.323 e. The molecular formula is C11H20FN3O2. The molecule has 0 saturated heterocycles. The largest absolute Gasteiger partial charge is 0.480 e. The normalized spacial score (nSPS) is 15.4. The van der Waals surface area contributed by atoms with Crippen molar-refractivity contribution >= 4 is 12.2 Å². The minimum atomic E-state index is -1.39. The molecule has 0 radical (unpaired) electrons. The highest BCUT2D eigenvalue weighted by Gasteiger charge is 2.30. The van der Waals surface area contributed by atoms with Crippen LogP contribution in [-0.2, 0) is 4.79 Å². The Morgan fingerprint density at radius 1 is 1.65 bits per heavy atom. The van der Waals surface area contributed by atoms with Gasteiger partial charge in [0.2, 0.25) is 0 Å². The van der Waals surface area contributed by atoms with Crippen LogP contribution in [0.5, 0.6) is 0 Å². The van der Waals surface area contributed by atoms with Gasteiger partial charge in [-0.1, -0.05) is 13.0 Å². The Hall–Kier alpha value is -1.27. The highest BCUT2D eigenvalue weighted by Crippen LogP contribution is 2.15. The number of carboxylic acids is 1. The summed E-state index contributed by atoms with van der Waals surface area (Å²) in [7, 11) is 0. The summed E-state index contributed by atoms with van der Waals surface area (Å²) in [4.78, 5) is 10.9. The van der Waals surface area contributed by atoms with Crippen molar-refractivity contribution in [3.63, 3.8) is 0 Å². The molecule has 0 spiro atoms. The third-order valence-electron chi connectivity index (χ3n) is 2.53. The van der Waals surface area contributed by atoms with Gasteiger partial charge in [0, 0.05) is 25.7 Å². The van der Waals surface area contributed by atoms with E-state index in [0.717, 1.165) is 0 Å². The van der Waals surface area contributed by atoms with E-state index in [0.29, 0.717) is 13.1 Å². The molecule has 0 heterocycles. The van der Waals surface area contributed by atoms with E-state index in [1.54, 1.807) is 6.92 Å². The fourth-order valence-electron chi connectivity index (χ4n) is 1.16. The first-order valence-corrected chi connectivity index (χ1v) is 5.52. The minimum absolute atomic E-state index is 0.0186. The van der Waals surface area contributed by atoms with Crippen molar-refractivity contribution in [2.24, 2.45) is 5.73 Å². The van der Waals surface area contributed by atoms with Gasteiger partial charge in [0.15, 0.2) is 0 Å². The van der Waals surface area contributed by atoms with Crippen molar-refractivity contribution in [3.8, 4) is 0 Å². The summed E-state index contributed by atoms with van der Waals surface area (Å²) in [5, 5.41) is 18.5. The molecular weight excluding hydrogens is 225 g/mol. The maximum atomic E-state index is 13.3. The van der Waals surface area contributed by atoms with Gasteiger partial charge in [-0.15, -0.1) is 0 Å². The van der Waals surface area contributed by atoms with Gasteiger partial charge in [-0.3, -0.25) is 4.79 Å². The molecule has 0 bridgehead atoms. The van der Waals surface area contributed by atoms with Gasteiger partial charge in [-0.05, 0) is 12.8 Å². The Bertz CT molecular complexity index is 294. The molecule has 0 aromatic rings. The van der Waals surface area contributed by atoms with Crippen LogP contribution in [0.25, 0.3) is 0 Å². The van der Waals surface area contributed by atoms with E-state index < -0.39 is 11.5 Å². The number of hydrogen-bond donors (Lipinski definition) is 4. The van der Waals surface area contributed by atoms with Crippen LogP contribution in [-0.4, -0.2) is 35.9 Å². The zero-order valence-corrected chi connectivity index (χ0v) is 10.0. The molecule has 0 amide bonds. The highest BCUT2D eigenvalue weighted by molar-refractivity contribution is 5.78. The van der Waals surface area contributed by atoms with Crippen LogP contribution >= 0.6 is 0 Å². The molecule has 0 aromatic heterocycles. The second-order valence-corrected chi connectivity index (χ2v) is 3.83. The van der Waals surface area contributed by atoms with Crippen molar-refractivity contribution in [3.05, 3.63) is 11.9 Å². The topological polar surface area (TPSA) is 99.2 Å². The van der Waals surface area contributed by atoms with E-state index in [-0.39, 0.29) is 25.1 Å². The van der Waals surface area contributed by atoms with E-state index in [4.69, 9.17) is 16.2 Å². The Morgan fingerprint density at radius 2 is 2.29 bits per heavy atom. The van der Waals surface area contributed by atoms with Crippen LogP contribution in [0.2, 0.25) is 0 Å². The Morgan fingerprint density at radius 3 is 2.76 bits per heavy atom. The second-order valence-electron chi connectivity index (χ2n) is 3.83. The molecule has 0 aliphatic carbocycles. The fraction of sp³-hybridized carbons (Fsp3) is 0.636. The Kier molecular flexibility index (Phi) is 7.32. The van der Waals surface area contributed by atoms with Gasteiger partial charge < -0.3 is 21.6 Å². The lowest BCUT2D eigenvalue weighted by Crippen LogP contribution is -2.46. The van der Waals surface area contributed by atoms with Crippen molar-refractivity contribution in [2.75, 3.05) is 13.1 Å². The van der Waals surface area contributed by atoms with E-state index in [1.165, 1.54) is 12.3 Å². The van der Waals surface area contributed by atoms with Gasteiger partial charge >= 0.3 is 5.97 Å². The summed E-state index contributed by atoms with van der Waals surface area (Å²) in [5.74, 6) is -1.50. The molecule has 0 aromatic carbocycles. The molecule has 0 saturated carbocycles. The standard InChI is InChI=1S/C11H20FN3O2/c1-2-11(14,10(16)17)5-3-9(12)4-7-15-8-6-13/h3,6,13,15H,2,4-5,7-8,14H2,1H3,(H,16,17)/b9-3-,13-6?/t11-/m0/s1. The van der Waals surface area contributed by atoms with Crippen LogP contribution < -0.4 is 11.1 Å². The molecule has 0 fully saturated rings. The summed E-state index contributed by atoms with van der Waals surface area (Å²) in [6.45, 7) is 2.47. The highest BCUT2D eigenvalue weighted by atomic mass is 19.1. The molecule has 17 heavy (non-hydrogen) atoms.